The molecule has 0 aliphatic carbocycles. The Bertz CT molecular complexity index is 1200. The minimum atomic E-state index is -3.83. The maximum absolute atomic E-state index is 12.9. The van der Waals surface area contributed by atoms with E-state index in [-0.39, 0.29) is 23.3 Å². The third-order valence-electron chi connectivity index (χ3n) is 6.34. The molecule has 2 aromatic rings. The molecule has 9 nitrogen and oxygen atoms in total. The number of piperazine rings is 1. The van der Waals surface area contributed by atoms with Crippen molar-refractivity contribution in [3.8, 4) is 0 Å². The molecular formula is C24H30ClN5O4S. The first kappa shape index (κ1) is 25.4. The van der Waals surface area contributed by atoms with E-state index in [1.807, 2.05) is 24.3 Å². The number of hydrogen-bond acceptors (Lipinski definition) is 6. The first-order chi connectivity index (χ1) is 16.7. The quantitative estimate of drug-likeness (QED) is 0.551. The fourth-order valence-corrected chi connectivity index (χ4v) is 5.66. The van der Waals surface area contributed by atoms with E-state index in [0.29, 0.717) is 31.6 Å². The van der Waals surface area contributed by atoms with Crippen LogP contribution in [0, 0.1) is 0 Å². The largest absolute Gasteiger partial charge is 0.369 e. The molecule has 11 heteroatoms. The van der Waals surface area contributed by atoms with Gasteiger partial charge in [-0.2, -0.15) is 4.31 Å². The number of amides is 2. The second-order valence-corrected chi connectivity index (χ2v) is 11.3. The maximum atomic E-state index is 12.9. The standard InChI is InChI=1S/C24H30ClN5O4S/c1-28(35(33,34)21-6-7-22-18(15-21)5-8-23(31)27-22)17-24(32)26-9-10-29-11-13-30(14-12-29)20-4-2-3-19(25)16-20/h2-4,6-7,15-16H,5,8-14,17H2,1H3,(H,26,32)(H,27,31). The summed E-state index contributed by atoms with van der Waals surface area (Å²) in [6.45, 7) is 4.37. The van der Waals surface area contributed by atoms with Gasteiger partial charge in [-0.25, -0.2) is 8.42 Å². The molecule has 2 heterocycles. The van der Waals surface area contributed by atoms with Crippen LogP contribution in [0.4, 0.5) is 11.4 Å². The van der Waals surface area contributed by atoms with Gasteiger partial charge in [0.1, 0.15) is 0 Å². The van der Waals surface area contributed by atoms with Crippen LogP contribution in [-0.4, -0.2) is 82.3 Å². The maximum Gasteiger partial charge on any atom is 0.243 e. The Morgan fingerprint density at radius 2 is 1.89 bits per heavy atom. The number of likely N-dealkylation sites (N-methyl/N-ethyl adjacent to an activating group) is 1. The Kier molecular flexibility index (Phi) is 7.95. The number of halogens is 1. The lowest BCUT2D eigenvalue weighted by molar-refractivity contribution is -0.121. The molecular weight excluding hydrogens is 490 g/mol. The van der Waals surface area contributed by atoms with Gasteiger partial charge in [-0.15, -0.1) is 0 Å². The molecule has 0 saturated carbocycles. The van der Waals surface area contributed by atoms with Crippen molar-refractivity contribution in [3.63, 3.8) is 0 Å². The van der Waals surface area contributed by atoms with Gasteiger partial charge in [-0.05, 0) is 48.4 Å². The number of anilines is 2. The van der Waals surface area contributed by atoms with E-state index in [2.05, 4.69) is 20.4 Å². The molecule has 4 rings (SSSR count). The Hall–Kier alpha value is -2.66. The molecule has 2 amide bonds. The molecule has 35 heavy (non-hydrogen) atoms. The van der Waals surface area contributed by atoms with Crippen molar-refractivity contribution in [2.45, 2.75) is 17.7 Å². The third kappa shape index (κ3) is 6.32. The summed E-state index contributed by atoms with van der Waals surface area (Å²) in [7, 11) is -2.43. The van der Waals surface area contributed by atoms with Crippen LogP contribution in [0.3, 0.4) is 0 Å². The van der Waals surface area contributed by atoms with Crippen LogP contribution in [0.5, 0.6) is 0 Å². The van der Waals surface area contributed by atoms with E-state index >= 15 is 0 Å². The number of carbonyl (C=O) groups excluding carboxylic acids is 2. The number of nitrogens with one attached hydrogen (secondary N) is 2. The number of fused-ring (bicyclic) bond motifs is 1. The molecule has 1 saturated heterocycles. The summed E-state index contributed by atoms with van der Waals surface area (Å²) < 4.78 is 26.9. The highest BCUT2D eigenvalue weighted by molar-refractivity contribution is 7.89. The van der Waals surface area contributed by atoms with Gasteiger partial charge in [-0.1, -0.05) is 17.7 Å². The van der Waals surface area contributed by atoms with E-state index in [4.69, 9.17) is 11.6 Å². The first-order valence-corrected chi connectivity index (χ1v) is 13.4. The summed E-state index contributed by atoms with van der Waals surface area (Å²) in [5.74, 6) is -0.427. The monoisotopic (exact) mass is 519 g/mol. The van der Waals surface area contributed by atoms with Crippen molar-refractivity contribution in [2.24, 2.45) is 0 Å². The van der Waals surface area contributed by atoms with Gasteiger partial charge in [0.25, 0.3) is 0 Å². The molecule has 0 spiro atoms. The number of rotatable bonds is 8. The lowest BCUT2D eigenvalue weighted by atomic mass is 10.0. The molecule has 0 bridgehead atoms. The third-order valence-corrected chi connectivity index (χ3v) is 8.38. The second-order valence-electron chi connectivity index (χ2n) is 8.79. The van der Waals surface area contributed by atoms with Crippen LogP contribution in [0.25, 0.3) is 0 Å². The fraction of sp³-hybridized carbons (Fsp3) is 0.417. The number of hydrogen-bond donors (Lipinski definition) is 2. The van der Waals surface area contributed by atoms with Crippen molar-refractivity contribution >= 4 is 44.8 Å². The molecule has 1 fully saturated rings. The average Bonchev–Trinajstić information content (AvgIpc) is 2.84. The summed E-state index contributed by atoms with van der Waals surface area (Å²) in [6.07, 6.45) is 0.812. The van der Waals surface area contributed by atoms with Crippen LogP contribution in [0.1, 0.15) is 12.0 Å². The minimum absolute atomic E-state index is 0.0788. The van der Waals surface area contributed by atoms with Gasteiger partial charge in [0.05, 0.1) is 11.4 Å². The van der Waals surface area contributed by atoms with Crippen LogP contribution in [0.2, 0.25) is 5.02 Å². The lowest BCUT2D eigenvalue weighted by Gasteiger charge is -2.36. The molecule has 2 aromatic carbocycles. The highest BCUT2D eigenvalue weighted by Crippen LogP contribution is 2.26. The molecule has 2 aliphatic heterocycles. The van der Waals surface area contributed by atoms with E-state index < -0.39 is 10.0 Å². The topological polar surface area (TPSA) is 102 Å². The van der Waals surface area contributed by atoms with Gasteiger partial charge in [0.2, 0.25) is 21.8 Å². The number of sulfonamides is 1. The average molecular weight is 520 g/mol. The molecule has 0 unspecified atom stereocenters. The first-order valence-electron chi connectivity index (χ1n) is 11.6. The van der Waals surface area contributed by atoms with Crippen molar-refractivity contribution in [1.82, 2.24) is 14.5 Å². The van der Waals surface area contributed by atoms with Gasteiger partial charge in [0, 0.05) is 69.1 Å². The van der Waals surface area contributed by atoms with Crippen molar-refractivity contribution < 1.29 is 18.0 Å². The zero-order chi connectivity index (χ0) is 25.0. The summed E-state index contributed by atoms with van der Waals surface area (Å²) in [5.41, 5.74) is 2.52. The number of aryl methyl sites for hydroxylation is 1. The van der Waals surface area contributed by atoms with Gasteiger partial charge in [0.15, 0.2) is 0 Å². The van der Waals surface area contributed by atoms with Gasteiger partial charge < -0.3 is 15.5 Å². The van der Waals surface area contributed by atoms with E-state index in [1.54, 1.807) is 12.1 Å². The molecule has 0 aromatic heterocycles. The lowest BCUT2D eigenvalue weighted by Crippen LogP contribution is -2.49. The van der Waals surface area contributed by atoms with E-state index in [0.717, 1.165) is 46.8 Å². The number of benzene rings is 2. The summed E-state index contributed by atoms with van der Waals surface area (Å²) >= 11 is 6.09. The highest BCUT2D eigenvalue weighted by Gasteiger charge is 2.25. The van der Waals surface area contributed by atoms with E-state index in [9.17, 15) is 18.0 Å². The Labute approximate surface area is 211 Å². The highest BCUT2D eigenvalue weighted by atomic mass is 35.5. The Balaban J connectivity index is 1.22. The molecule has 188 valence electrons. The zero-order valence-electron chi connectivity index (χ0n) is 19.7. The normalized spacial score (nSPS) is 16.7. The summed E-state index contributed by atoms with van der Waals surface area (Å²) in [4.78, 5) is 28.6. The molecule has 2 N–H and O–H groups in total. The van der Waals surface area contributed by atoms with E-state index in [1.165, 1.54) is 13.1 Å². The van der Waals surface area contributed by atoms with Crippen LogP contribution in [0.15, 0.2) is 47.4 Å². The fourth-order valence-electron chi connectivity index (χ4n) is 4.30. The predicted octanol–water partition coefficient (Wildman–Crippen LogP) is 1.78. The molecule has 0 atom stereocenters. The van der Waals surface area contributed by atoms with Gasteiger partial charge in [-0.3, -0.25) is 14.5 Å². The molecule has 2 aliphatic rings. The smallest absolute Gasteiger partial charge is 0.243 e. The SMILES string of the molecule is CN(CC(=O)NCCN1CCN(c2cccc(Cl)c2)CC1)S(=O)(=O)c1ccc2c(c1)CCC(=O)N2. The summed E-state index contributed by atoms with van der Waals surface area (Å²) in [5, 5.41) is 6.29. The van der Waals surface area contributed by atoms with Crippen molar-refractivity contribution in [2.75, 3.05) is 63.1 Å². The minimum Gasteiger partial charge on any atom is -0.369 e. The van der Waals surface area contributed by atoms with Crippen molar-refractivity contribution in [1.29, 1.82) is 0 Å². The number of carbonyl (C=O) groups is 2. The Morgan fingerprint density at radius 3 is 2.63 bits per heavy atom. The molecule has 0 radical (unpaired) electrons. The predicted molar refractivity (Wildman–Crippen MR) is 136 cm³/mol. The van der Waals surface area contributed by atoms with Crippen LogP contribution in [-0.2, 0) is 26.0 Å². The van der Waals surface area contributed by atoms with Gasteiger partial charge >= 0.3 is 0 Å². The zero-order valence-corrected chi connectivity index (χ0v) is 21.2. The summed E-state index contributed by atoms with van der Waals surface area (Å²) in [6, 6.07) is 12.4. The second kappa shape index (κ2) is 10.9. The van der Waals surface area contributed by atoms with Crippen molar-refractivity contribution in [3.05, 3.63) is 53.1 Å². The number of nitrogens with zero attached hydrogens (tertiary/aromatic N) is 3. The Morgan fingerprint density at radius 1 is 1.11 bits per heavy atom. The van der Waals surface area contributed by atoms with Crippen LogP contribution < -0.4 is 15.5 Å². The van der Waals surface area contributed by atoms with Crippen LogP contribution >= 0.6 is 11.6 Å².